The monoisotopic (exact) mass is 436 g/mol. The van der Waals surface area contributed by atoms with Gasteiger partial charge in [0.2, 0.25) is 0 Å². The molecule has 0 aliphatic carbocycles. The van der Waals surface area contributed by atoms with Crippen LogP contribution in [0, 0.1) is 0 Å². The molecule has 0 radical (unpaired) electrons. The summed E-state index contributed by atoms with van der Waals surface area (Å²) in [5, 5.41) is 77.9. The standard InChI is InChI=1S/C21H40O9/c1-13(2)6-5-8-21(4,29)18(26)10-15(23)14(3)7-9-30-12-17(25)20(28)19(27)16(24)11-22/h6-7,15-20,22-29H,5,8-12H2,1-4H3. The van der Waals surface area contributed by atoms with Gasteiger partial charge in [0.05, 0.1) is 37.6 Å². The van der Waals surface area contributed by atoms with E-state index in [-0.39, 0.29) is 19.6 Å². The van der Waals surface area contributed by atoms with Gasteiger partial charge in [-0.2, -0.15) is 0 Å². The lowest BCUT2D eigenvalue weighted by Gasteiger charge is -2.30. The minimum absolute atomic E-state index is 0.0155. The van der Waals surface area contributed by atoms with Crippen molar-refractivity contribution in [3.05, 3.63) is 23.3 Å². The first-order chi connectivity index (χ1) is 13.8. The lowest BCUT2D eigenvalue weighted by molar-refractivity contribution is -0.127. The summed E-state index contributed by atoms with van der Waals surface area (Å²) in [6.07, 6.45) is -4.22. The Kier molecular flexibility index (Phi) is 13.8. The number of aliphatic hydroxyl groups excluding tert-OH is 7. The van der Waals surface area contributed by atoms with Crippen molar-refractivity contribution in [2.45, 2.75) is 89.2 Å². The molecule has 0 saturated carbocycles. The zero-order valence-electron chi connectivity index (χ0n) is 18.3. The van der Waals surface area contributed by atoms with Crippen LogP contribution in [-0.2, 0) is 4.74 Å². The van der Waals surface area contributed by atoms with E-state index in [4.69, 9.17) is 9.84 Å². The minimum Gasteiger partial charge on any atom is -0.394 e. The molecule has 0 fully saturated rings. The molecule has 0 aliphatic rings. The molecule has 9 heteroatoms. The molecule has 0 bridgehead atoms. The maximum atomic E-state index is 10.4. The van der Waals surface area contributed by atoms with Crippen molar-refractivity contribution in [1.29, 1.82) is 0 Å². The predicted octanol–water partition coefficient (Wildman–Crippen LogP) is -1.01. The lowest BCUT2D eigenvalue weighted by atomic mass is 9.88. The first-order valence-corrected chi connectivity index (χ1v) is 10.1. The van der Waals surface area contributed by atoms with Crippen LogP contribution in [0.5, 0.6) is 0 Å². The average molecular weight is 437 g/mol. The second kappa shape index (κ2) is 14.2. The van der Waals surface area contributed by atoms with Gasteiger partial charge in [0.25, 0.3) is 0 Å². The number of hydrogen-bond acceptors (Lipinski definition) is 9. The van der Waals surface area contributed by atoms with Crippen LogP contribution < -0.4 is 0 Å². The van der Waals surface area contributed by atoms with E-state index in [1.54, 1.807) is 6.92 Å². The highest BCUT2D eigenvalue weighted by molar-refractivity contribution is 5.06. The van der Waals surface area contributed by atoms with Gasteiger partial charge >= 0.3 is 0 Å². The molecule has 0 aliphatic heterocycles. The Hall–Kier alpha value is -0.880. The summed E-state index contributed by atoms with van der Waals surface area (Å²) in [6.45, 7) is 5.93. The van der Waals surface area contributed by atoms with Crippen molar-refractivity contribution in [2.24, 2.45) is 0 Å². The molecule has 0 aromatic heterocycles. The highest BCUT2D eigenvalue weighted by atomic mass is 16.5. The molecule has 0 heterocycles. The number of allylic oxidation sites excluding steroid dienone is 2. The fourth-order valence-corrected chi connectivity index (χ4v) is 2.65. The number of rotatable bonds is 15. The predicted molar refractivity (Wildman–Crippen MR) is 112 cm³/mol. The van der Waals surface area contributed by atoms with E-state index in [1.807, 2.05) is 19.9 Å². The van der Waals surface area contributed by atoms with Crippen LogP contribution in [0.3, 0.4) is 0 Å². The van der Waals surface area contributed by atoms with Crippen molar-refractivity contribution in [3.63, 3.8) is 0 Å². The molecule has 0 rings (SSSR count). The van der Waals surface area contributed by atoms with Gasteiger partial charge in [-0.25, -0.2) is 0 Å². The van der Waals surface area contributed by atoms with Crippen LogP contribution in [-0.4, -0.2) is 103 Å². The molecule has 0 aromatic carbocycles. The third-order valence-corrected chi connectivity index (χ3v) is 5.03. The van der Waals surface area contributed by atoms with E-state index >= 15 is 0 Å². The molecule has 8 N–H and O–H groups in total. The Morgan fingerprint density at radius 3 is 2.03 bits per heavy atom. The van der Waals surface area contributed by atoms with Gasteiger partial charge in [-0.05, 0) is 46.1 Å². The smallest absolute Gasteiger partial charge is 0.111 e. The normalized spacial score (nSPS) is 20.6. The van der Waals surface area contributed by atoms with Crippen molar-refractivity contribution in [2.75, 3.05) is 19.8 Å². The molecule has 7 atom stereocenters. The SMILES string of the molecule is CC(C)=CCCC(C)(O)C(O)CC(O)C(C)=CCOCC(O)C(O)C(O)C(O)CO. The van der Waals surface area contributed by atoms with E-state index in [2.05, 4.69) is 0 Å². The second-order valence-electron chi connectivity index (χ2n) is 8.23. The zero-order valence-corrected chi connectivity index (χ0v) is 18.3. The van der Waals surface area contributed by atoms with Gasteiger partial charge in [-0.1, -0.05) is 17.7 Å². The van der Waals surface area contributed by atoms with E-state index in [9.17, 15) is 35.7 Å². The summed E-state index contributed by atoms with van der Waals surface area (Å²) in [7, 11) is 0. The van der Waals surface area contributed by atoms with Crippen LogP contribution in [0.15, 0.2) is 23.3 Å². The van der Waals surface area contributed by atoms with Gasteiger partial charge in [-0.3, -0.25) is 0 Å². The Morgan fingerprint density at radius 2 is 1.50 bits per heavy atom. The van der Waals surface area contributed by atoms with Crippen molar-refractivity contribution in [1.82, 2.24) is 0 Å². The van der Waals surface area contributed by atoms with Gasteiger partial charge in [0.1, 0.15) is 24.4 Å². The highest BCUT2D eigenvalue weighted by Gasteiger charge is 2.32. The number of aliphatic hydroxyl groups is 8. The molecule has 0 aromatic rings. The average Bonchev–Trinajstić information content (AvgIpc) is 2.68. The summed E-state index contributed by atoms with van der Waals surface area (Å²) in [6, 6.07) is 0. The molecule has 7 unspecified atom stereocenters. The van der Waals surface area contributed by atoms with Crippen molar-refractivity contribution >= 4 is 0 Å². The van der Waals surface area contributed by atoms with Gasteiger partial charge in [-0.15, -0.1) is 0 Å². The molecule has 178 valence electrons. The molecular formula is C21H40O9. The Labute approximate surface area is 178 Å². The van der Waals surface area contributed by atoms with Gasteiger partial charge in [0, 0.05) is 6.42 Å². The first-order valence-electron chi connectivity index (χ1n) is 10.1. The molecule has 0 saturated heterocycles. The van der Waals surface area contributed by atoms with Crippen LogP contribution >= 0.6 is 0 Å². The van der Waals surface area contributed by atoms with Crippen molar-refractivity contribution < 1.29 is 45.6 Å². The first kappa shape index (κ1) is 29.1. The Bertz CT molecular complexity index is 529. The zero-order chi connectivity index (χ0) is 23.5. The topological polar surface area (TPSA) is 171 Å². The van der Waals surface area contributed by atoms with Gasteiger partial charge in [0.15, 0.2) is 0 Å². The molecule has 0 spiro atoms. The fourth-order valence-electron chi connectivity index (χ4n) is 2.65. The quantitative estimate of drug-likeness (QED) is 0.118. The maximum absolute atomic E-state index is 10.4. The Balaban J connectivity index is 4.47. The van der Waals surface area contributed by atoms with Crippen molar-refractivity contribution in [3.8, 4) is 0 Å². The van der Waals surface area contributed by atoms with Crippen LogP contribution in [0.25, 0.3) is 0 Å². The maximum Gasteiger partial charge on any atom is 0.111 e. The summed E-state index contributed by atoms with van der Waals surface area (Å²) in [4.78, 5) is 0. The largest absolute Gasteiger partial charge is 0.394 e. The highest BCUT2D eigenvalue weighted by Crippen LogP contribution is 2.23. The molecule has 30 heavy (non-hydrogen) atoms. The van der Waals surface area contributed by atoms with Gasteiger partial charge < -0.3 is 45.6 Å². The fraction of sp³-hybridized carbons (Fsp3) is 0.810. The van der Waals surface area contributed by atoms with Crippen LogP contribution in [0.1, 0.15) is 47.0 Å². The van der Waals surface area contributed by atoms with E-state index in [0.717, 1.165) is 5.57 Å². The number of hydrogen-bond donors (Lipinski definition) is 8. The number of ether oxygens (including phenoxy) is 1. The summed E-state index contributed by atoms with van der Waals surface area (Å²) in [5.74, 6) is 0. The van der Waals surface area contributed by atoms with E-state index in [1.165, 1.54) is 13.0 Å². The van der Waals surface area contributed by atoms with E-state index in [0.29, 0.717) is 18.4 Å². The second-order valence-corrected chi connectivity index (χ2v) is 8.23. The third kappa shape index (κ3) is 10.9. The summed E-state index contributed by atoms with van der Waals surface area (Å²) in [5.41, 5.74) is 0.278. The summed E-state index contributed by atoms with van der Waals surface area (Å²) < 4.78 is 5.18. The Morgan fingerprint density at radius 1 is 0.933 bits per heavy atom. The van der Waals surface area contributed by atoms with Crippen LogP contribution in [0.2, 0.25) is 0 Å². The minimum atomic E-state index is -1.72. The molecule has 9 nitrogen and oxygen atoms in total. The third-order valence-electron chi connectivity index (χ3n) is 5.03. The summed E-state index contributed by atoms with van der Waals surface area (Å²) >= 11 is 0. The van der Waals surface area contributed by atoms with E-state index < -0.39 is 48.8 Å². The molecular weight excluding hydrogens is 396 g/mol. The molecule has 0 amide bonds. The van der Waals surface area contributed by atoms with Crippen LogP contribution in [0.4, 0.5) is 0 Å². The lowest BCUT2D eigenvalue weighted by Crippen LogP contribution is -2.47.